The van der Waals surface area contributed by atoms with Crippen LogP contribution in [0.1, 0.15) is 24.7 Å². The summed E-state index contributed by atoms with van der Waals surface area (Å²) in [6, 6.07) is 8.14. The van der Waals surface area contributed by atoms with Gasteiger partial charge in [-0.3, -0.25) is 0 Å². The molecule has 16 heavy (non-hydrogen) atoms. The van der Waals surface area contributed by atoms with Gasteiger partial charge in [-0.1, -0.05) is 37.6 Å². The predicted octanol–water partition coefficient (Wildman–Crippen LogP) is 3.99. The minimum absolute atomic E-state index is 0.484. The van der Waals surface area contributed by atoms with E-state index in [1.165, 1.54) is 5.56 Å². The molecule has 1 rings (SSSR count). The fourth-order valence-electron chi connectivity index (χ4n) is 1.55. The monoisotopic (exact) mass is 257 g/mol. The van der Waals surface area contributed by atoms with E-state index in [9.17, 15) is 0 Å². The molecule has 1 aromatic carbocycles. The molecular weight excluding hydrogens is 238 g/mol. The second-order valence-electron chi connectivity index (χ2n) is 4.33. The Bertz CT molecular complexity index is 315. The quantitative estimate of drug-likeness (QED) is 0.827. The summed E-state index contributed by atoms with van der Waals surface area (Å²) in [4.78, 5) is 0. The lowest BCUT2D eigenvalue weighted by molar-refractivity contribution is 0.552. The van der Waals surface area contributed by atoms with Crippen LogP contribution in [0.15, 0.2) is 24.3 Å². The van der Waals surface area contributed by atoms with Crippen LogP contribution in [0.5, 0.6) is 0 Å². The molecule has 0 radical (unpaired) electrons. The zero-order valence-electron chi connectivity index (χ0n) is 10.2. The van der Waals surface area contributed by atoms with E-state index in [1.54, 1.807) is 0 Å². The standard InChI is InChI=1S/C13H20ClNS/c1-10(2)8-15-9-13(16-3)11-5-4-6-12(14)7-11/h4-7,10,13,15H,8-9H2,1-3H3. The lowest BCUT2D eigenvalue weighted by Crippen LogP contribution is -2.24. The first-order valence-electron chi connectivity index (χ1n) is 5.62. The zero-order valence-corrected chi connectivity index (χ0v) is 11.7. The van der Waals surface area contributed by atoms with Crippen molar-refractivity contribution in [3.63, 3.8) is 0 Å². The number of rotatable bonds is 6. The molecule has 90 valence electrons. The molecule has 1 unspecified atom stereocenters. The van der Waals surface area contributed by atoms with Gasteiger partial charge in [0.25, 0.3) is 0 Å². The number of nitrogens with one attached hydrogen (secondary N) is 1. The highest BCUT2D eigenvalue weighted by Gasteiger charge is 2.09. The first kappa shape index (κ1) is 13.9. The molecule has 0 fully saturated rings. The van der Waals surface area contributed by atoms with E-state index in [4.69, 9.17) is 11.6 Å². The summed E-state index contributed by atoms with van der Waals surface area (Å²) in [5.74, 6) is 0.696. The van der Waals surface area contributed by atoms with Crippen molar-refractivity contribution in [2.75, 3.05) is 19.3 Å². The second kappa shape index (κ2) is 7.21. The fourth-order valence-corrected chi connectivity index (χ4v) is 2.45. The van der Waals surface area contributed by atoms with Gasteiger partial charge >= 0.3 is 0 Å². The van der Waals surface area contributed by atoms with Gasteiger partial charge in [-0.2, -0.15) is 11.8 Å². The van der Waals surface area contributed by atoms with Crippen LogP contribution in [0, 0.1) is 5.92 Å². The molecule has 0 amide bonds. The van der Waals surface area contributed by atoms with Gasteiger partial charge in [0, 0.05) is 16.8 Å². The van der Waals surface area contributed by atoms with E-state index in [0.717, 1.165) is 18.1 Å². The molecule has 0 spiro atoms. The second-order valence-corrected chi connectivity index (χ2v) is 5.81. The maximum absolute atomic E-state index is 6.00. The highest BCUT2D eigenvalue weighted by molar-refractivity contribution is 7.98. The Hall–Kier alpha value is -0.180. The van der Waals surface area contributed by atoms with E-state index < -0.39 is 0 Å². The summed E-state index contributed by atoms with van der Waals surface area (Å²) in [5, 5.41) is 4.79. The summed E-state index contributed by atoms with van der Waals surface area (Å²) in [7, 11) is 0. The van der Waals surface area contributed by atoms with Gasteiger partial charge in [-0.05, 0) is 36.4 Å². The SMILES string of the molecule is CSC(CNCC(C)C)c1cccc(Cl)c1. The molecular formula is C13H20ClNS. The van der Waals surface area contributed by atoms with Crippen LogP contribution < -0.4 is 5.32 Å². The van der Waals surface area contributed by atoms with Crippen LogP contribution in [0.4, 0.5) is 0 Å². The van der Waals surface area contributed by atoms with Crippen molar-refractivity contribution < 1.29 is 0 Å². The van der Waals surface area contributed by atoms with Crippen molar-refractivity contribution >= 4 is 23.4 Å². The van der Waals surface area contributed by atoms with Crippen LogP contribution in [-0.4, -0.2) is 19.3 Å². The van der Waals surface area contributed by atoms with Crippen LogP contribution in [0.3, 0.4) is 0 Å². The molecule has 1 aromatic rings. The van der Waals surface area contributed by atoms with Gasteiger partial charge in [0.05, 0.1) is 0 Å². The highest BCUT2D eigenvalue weighted by atomic mass is 35.5. The number of benzene rings is 1. The molecule has 0 aliphatic heterocycles. The van der Waals surface area contributed by atoms with Crippen LogP contribution in [0.2, 0.25) is 5.02 Å². The average molecular weight is 258 g/mol. The zero-order chi connectivity index (χ0) is 12.0. The van der Waals surface area contributed by atoms with E-state index in [-0.39, 0.29) is 0 Å². The molecule has 3 heteroatoms. The lowest BCUT2D eigenvalue weighted by atomic mass is 10.1. The maximum atomic E-state index is 6.00. The molecule has 0 aliphatic carbocycles. The highest BCUT2D eigenvalue weighted by Crippen LogP contribution is 2.27. The Kier molecular flexibility index (Phi) is 6.25. The van der Waals surface area contributed by atoms with Crippen molar-refractivity contribution in [1.82, 2.24) is 5.32 Å². The summed E-state index contributed by atoms with van der Waals surface area (Å²) in [5.41, 5.74) is 1.30. The Morgan fingerprint density at radius 3 is 2.62 bits per heavy atom. The number of thioether (sulfide) groups is 1. The van der Waals surface area contributed by atoms with Crippen LogP contribution in [-0.2, 0) is 0 Å². The number of halogens is 1. The Balaban J connectivity index is 2.53. The van der Waals surface area contributed by atoms with Gasteiger partial charge in [0.2, 0.25) is 0 Å². The van der Waals surface area contributed by atoms with Crippen molar-refractivity contribution in [3.05, 3.63) is 34.9 Å². The minimum Gasteiger partial charge on any atom is -0.315 e. The smallest absolute Gasteiger partial charge is 0.0419 e. The van der Waals surface area contributed by atoms with Gasteiger partial charge in [-0.15, -0.1) is 0 Å². The predicted molar refractivity (Wildman–Crippen MR) is 75.4 cm³/mol. The van der Waals surface area contributed by atoms with Gasteiger partial charge in [0.1, 0.15) is 0 Å². The normalized spacial score (nSPS) is 13.1. The maximum Gasteiger partial charge on any atom is 0.0419 e. The van der Waals surface area contributed by atoms with Gasteiger partial charge < -0.3 is 5.32 Å². The van der Waals surface area contributed by atoms with Crippen molar-refractivity contribution in [3.8, 4) is 0 Å². The van der Waals surface area contributed by atoms with Crippen molar-refractivity contribution in [2.24, 2.45) is 5.92 Å². The number of hydrogen-bond donors (Lipinski definition) is 1. The van der Waals surface area contributed by atoms with Gasteiger partial charge in [-0.25, -0.2) is 0 Å². The Morgan fingerprint density at radius 2 is 2.06 bits per heavy atom. The Morgan fingerprint density at radius 1 is 1.31 bits per heavy atom. The summed E-state index contributed by atoms with van der Waals surface area (Å²) >= 11 is 7.86. The van der Waals surface area contributed by atoms with Crippen LogP contribution >= 0.6 is 23.4 Å². The molecule has 1 N–H and O–H groups in total. The first-order valence-corrected chi connectivity index (χ1v) is 7.29. The Labute approximate surface area is 108 Å². The summed E-state index contributed by atoms with van der Waals surface area (Å²) < 4.78 is 0. The fraction of sp³-hybridized carbons (Fsp3) is 0.538. The van der Waals surface area contributed by atoms with Crippen molar-refractivity contribution in [1.29, 1.82) is 0 Å². The largest absolute Gasteiger partial charge is 0.315 e. The third-order valence-electron chi connectivity index (χ3n) is 2.39. The molecule has 0 heterocycles. The van der Waals surface area contributed by atoms with E-state index in [2.05, 4.69) is 37.6 Å². The third kappa shape index (κ3) is 4.77. The van der Waals surface area contributed by atoms with Crippen LogP contribution in [0.25, 0.3) is 0 Å². The third-order valence-corrected chi connectivity index (χ3v) is 3.63. The number of hydrogen-bond acceptors (Lipinski definition) is 2. The minimum atomic E-state index is 0.484. The summed E-state index contributed by atoms with van der Waals surface area (Å²) in [6.45, 7) is 6.51. The van der Waals surface area contributed by atoms with E-state index in [1.807, 2.05) is 23.9 Å². The summed E-state index contributed by atoms with van der Waals surface area (Å²) in [6.07, 6.45) is 2.14. The van der Waals surface area contributed by atoms with E-state index in [0.29, 0.717) is 11.2 Å². The molecule has 1 nitrogen and oxygen atoms in total. The average Bonchev–Trinajstić information content (AvgIpc) is 2.24. The molecule has 1 atom stereocenters. The molecule has 0 aliphatic rings. The lowest BCUT2D eigenvalue weighted by Gasteiger charge is -2.17. The van der Waals surface area contributed by atoms with Gasteiger partial charge in [0.15, 0.2) is 0 Å². The molecule has 0 bridgehead atoms. The van der Waals surface area contributed by atoms with Crippen molar-refractivity contribution in [2.45, 2.75) is 19.1 Å². The molecule has 0 saturated heterocycles. The first-order chi connectivity index (χ1) is 7.63. The molecule has 0 saturated carbocycles. The topological polar surface area (TPSA) is 12.0 Å². The molecule has 0 aromatic heterocycles. The van der Waals surface area contributed by atoms with E-state index >= 15 is 0 Å².